The van der Waals surface area contributed by atoms with Crippen LogP contribution in [0.1, 0.15) is 25.3 Å². The zero-order chi connectivity index (χ0) is 15.5. The highest BCUT2D eigenvalue weighted by atomic mass is 19.1. The number of rotatable bonds is 3. The Hall–Kier alpha value is -2.17. The molecular formula is C17H20FN3O. The molecule has 1 aromatic heterocycles. The molecule has 0 amide bonds. The number of piperidine rings is 1. The molecular weight excluding hydrogens is 281 g/mol. The van der Waals surface area contributed by atoms with Crippen molar-refractivity contribution in [3.05, 3.63) is 42.0 Å². The maximum atomic E-state index is 13.1. The highest BCUT2D eigenvalue weighted by molar-refractivity contribution is 5.43. The molecule has 116 valence electrons. The minimum atomic E-state index is -0.268. The van der Waals surface area contributed by atoms with Crippen LogP contribution >= 0.6 is 0 Å². The highest BCUT2D eigenvalue weighted by Crippen LogP contribution is 2.27. The summed E-state index contributed by atoms with van der Waals surface area (Å²) in [7, 11) is 0. The highest BCUT2D eigenvalue weighted by Gasteiger charge is 2.17. The number of nitrogens with zero attached hydrogens (tertiary/aromatic N) is 3. The van der Waals surface area contributed by atoms with Crippen LogP contribution in [0.5, 0.6) is 11.6 Å². The standard InChI is InChI=1S/C17H20FN3O/c1-12-5-7-21(8-6-12)16-10-17(20-11-19-16)22-15-4-3-14(18)9-13(15)2/h3-4,9-12H,5-8H2,1-2H3. The number of hydrogen-bond acceptors (Lipinski definition) is 4. The van der Waals surface area contributed by atoms with Crippen molar-refractivity contribution in [3.8, 4) is 11.6 Å². The molecule has 0 unspecified atom stereocenters. The molecule has 0 bridgehead atoms. The molecule has 5 heteroatoms. The predicted octanol–water partition coefficient (Wildman–Crippen LogP) is 3.95. The van der Waals surface area contributed by atoms with Gasteiger partial charge in [0.15, 0.2) is 0 Å². The fraction of sp³-hybridized carbons (Fsp3) is 0.412. The third-order valence-corrected chi connectivity index (χ3v) is 4.09. The Labute approximate surface area is 130 Å². The van der Waals surface area contributed by atoms with E-state index >= 15 is 0 Å². The summed E-state index contributed by atoms with van der Waals surface area (Å²) in [5, 5.41) is 0. The molecule has 0 N–H and O–H groups in total. The fourth-order valence-corrected chi connectivity index (χ4v) is 2.64. The van der Waals surface area contributed by atoms with E-state index in [-0.39, 0.29) is 5.82 Å². The van der Waals surface area contributed by atoms with E-state index in [2.05, 4.69) is 21.8 Å². The van der Waals surface area contributed by atoms with E-state index in [0.717, 1.165) is 30.4 Å². The molecule has 0 atom stereocenters. The van der Waals surface area contributed by atoms with Crippen LogP contribution in [0.4, 0.5) is 10.2 Å². The van der Waals surface area contributed by atoms with Gasteiger partial charge in [-0.3, -0.25) is 0 Å². The minimum Gasteiger partial charge on any atom is -0.439 e. The monoisotopic (exact) mass is 301 g/mol. The predicted molar refractivity (Wildman–Crippen MR) is 83.9 cm³/mol. The minimum absolute atomic E-state index is 0.268. The Balaban J connectivity index is 1.76. The van der Waals surface area contributed by atoms with Gasteiger partial charge in [0.2, 0.25) is 5.88 Å². The number of ether oxygens (including phenoxy) is 1. The number of anilines is 1. The summed E-state index contributed by atoms with van der Waals surface area (Å²) in [6.07, 6.45) is 3.87. The molecule has 22 heavy (non-hydrogen) atoms. The van der Waals surface area contributed by atoms with Crippen LogP contribution < -0.4 is 9.64 Å². The molecule has 2 aromatic rings. The van der Waals surface area contributed by atoms with Gasteiger partial charge in [-0.25, -0.2) is 14.4 Å². The Morgan fingerprint density at radius 2 is 1.95 bits per heavy atom. The molecule has 1 aromatic carbocycles. The molecule has 2 heterocycles. The summed E-state index contributed by atoms with van der Waals surface area (Å²) >= 11 is 0. The second kappa shape index (κ2) is 6.30. The van der Waals surface area contributed by atoms with Gasteiger partial charge in [0.1, 0.15) is 23.7 Å². The van der Waals surface area contributed by atoms with E-state index in [9.17, 15) is 4.39 Å². The maximum absolute atomic E-state index is 13.1. The van der Waals surface area contributed by atoms with Crippen molar-refractivity contribution in [2.45, 2.75) is 26.7 Å². The zero-order valence-electron chi connectivity index (χ0n) is 12.9. The number of halogens is 1. The summed E-state index contributed by atoms with van der Waals surface area (Å²) in [4.78, 5) is 10.8. The van der Waals surface area contributed by atoms with Crippen LogP contribution in [0.15, 0.2) is 30.6 Å². The average molecular weight is 301 g/mol. The van der Waals surface area contributed by atoms with Crippen molar-refractivity contribution in [2.24, 2.45) is 5.92 Å². The number of aryl methyl sites for hydroxylation is 1. The molecule has 0 radical (unpaired) electrons. The van der Waals surface area contributed by atoms with Crippen LogP contribution in [0.3, 0.4) is 0 Å². The third-order valence-electron chi connectivity index (χ3n) is 4.09. The quantitative estimate of drug-likeness (QED) is 0.860. The topological polar surface area (TPSA) is 38.2 Å². The molecule has 0 saturated carbocycles. The van der Waals surface area contributed by atoms with E-state index in [0.29, 0.717) is 11.6 Å². The van der Waals surface area contributed by atoms with Gasteiger partial charge in [0.25, 0.3) is 0 Å². The van der Waals surface area contributed by atoms with Crippen LogP contribution in [0.25, 0.3) is 0 Å². The van der Waals surface area contributed by atoms with Crippen LogP contribution in [-0.2, 0) is 0 Å². The summed E-state index contributed by atoms with van der Waals surface area (Å²) in [5.41, 5.74) is 0.743. The molecule has 0 spiro atoms. The van der Waals surface area contributed by atoms with Crippen molar-refractivity contribution in [1.82, 2.24) is 9.97 Å². The lowest BCUT2D eigenvalue weighted by atomic mass is 9.99. The molecule has 0 aliphatic carbocycles. The van der Waals surface area contributed by atoms with E-state index in [1.165, 1.54) is 31.3 Å². The summed E-state index contributed by atoms with van der Waals surface area (Å²) in [6.45, 7) is 6.11. The lowest BCUT2D eigenvalue weighted by molar-refractivity contribution is 0.433. The van der Waals surface area contributed by atoms with Crippen molar-refractivity contribution < 1.29 is 9.13 Å². The lowest BCUT2D eigenvalue weighted by Crippen LogP contribution is -2.33. The van der Waals surface area contributed by atoms with E-state index < -0.39 is 0 Å². The smallest absolute Gasteiger partial charge is 0.224 e. The Morgan fingerprint density at radius 3 is 2.68 bits per heavy atom. The molecule has 1 aliphatic rings. The van der Waals surface area contributed by atoms with Crippen molar-refractivity contribution in [1.29, 1.82) is 0 Å². The van der Waals surface area contributed by atoms with Crippen molar-refractivity contribution >= 4 is 5.82 Å². The zero-order valence-corrected chi connectivity index (χ0v) is 12.9. The molecule has 4 nitrogen and oxygen atoms in total. The van der Waals surface area contributed by atoms with E-state index in [1.54, 1.807) is 6.07 Å². The van der Waals surface area contributed by atoms with Gasteiger partial charge in [-0.05, 0) is 49.4 Å². The summed E-state index contributed by atoms with van der Waals surface area (Å²) < 4.78 is 18.9. The maximum Gasteiger partial charge on any atom is 0.224 e. The molecule has 3 rings (SSSR count). The van der Waals surface area contributed by atoms with Gasteiger partial charge < -0.3 is 9.64 Å². The Bertz CT molecular complexity index is 654. The SMILES string of the molecule is Cc1cc(F)ccc1Oc1cc(N2CCC(C)CC2)ncn1. The second-order valence-corrected chi connectivity index (χ2v) is 5.90. The van der Waals surface area contributed by atoms with Crippen LogP contribution in [-0.4, -0.2) is 23.1 Å². The number of benzene rings is 1. The van der Waals surface area contributed by atoms with Crippen molar-refractivity contribution in [3.63, 3.8) is 0 Å². The normalized spacial score (nSPS) is 15.9. The molecule has 1 aliphatic heterocycles. The van der Waals surface area contributed by atoms with Crippen LogP contribution in [0.2, 0.25) is 0 Å². The van der Waals surface area contributed by atoms with E-state index in [4.69, 9.17) is 4.74 Å². The van der Waals surface area contributed by atoms with Gasteiger partial charge in [0.05, 0.1) is 0 Å². The van der Waals surface area contributed by atoms with Gasteiger partial charge in [-0.2, -0.15) is 0 Å². The Kier molecular flexibility index (Phi) is 4.22. The van der Waals surface area contributed by atoms with Gasteiger partial charge in [-0.1, -0.05) is 6.92 Å². The largest absolute Gasteiger partial charge is 0.439 e. The molecule has 1 fully saturated rings. The first-order chi connectivity index (χ1) is 10.6. The van der Waals surface area contributed by atoms with E-state index in [1.807, 2.05) is 13.0 Å². The average Bonchev–Trinajstić information content (AvgIpc) is 2.51. The van der Waals surface area contributed by atoms with Crippen molar-refractivity contribution in [2.75, 3.05) is 18.0 Å². The first-order valence-electron chi connectivity index (χ1n) is 7.63. The first-order valence-corrected chi connectivity index (χ1v) is 7.63. The van der Waals surface area contributed by atoms with Gasteiger partial charge >= 0.3 is 0 Å². The summed E-state index contributed by atoms with van der Waals surface area (Å²) in [6, 6.07) is 6.30. The Morgan fingerprint density at radius 1 is 1.18 bits per heavy atom. The second-order valence-electron chi connectivity index (χ2n) is 5.90. The van der Waals surface area contributed by atoms with Gasteiger partial charge in [-0.15, -0.1) is 0 Å². The fourth-order valence-electron chi connectivity index (χ4n) is 2.64. The number of aromatic nitrogens is 2. The third kappa shape index (κ3) is 3.35. The van der Waals surface area contributed by atoms with Gasteiger partial charge in [0, 0.05) is 19.2 Å². The summed E-state index contributed by atoms with van der Waals surface area (Å²) in [5.74, 6) is 2.49. The lowest BCUT2D eigenvalue weighted by Gasteiger charge is -2.31. The number of hydrogen-bond donors (Lipinski definition) is 0. The van der Waals surface area contributed by atoms with Crippen LogP contribution in [0, 0.1) is 18.7 Å². The first kappa shape index (κ1) is 14.8. The molecule has 1 saturated heterocycles.